The predicted octanol–water partition coefficient (Wildman–Crippen LogP) is 3.87. The molecule has 3 aromatic rings. The smallest absolute Gasteiger partial charge is 0.264 e. The van der Waals surface area contributed by atoms with Crippen molar-refractivity contribution in [3.63, 3.8) is 0 Å². The molecule has 11 heteroatoms. The van der Waals surface area contributed by atoms with E-state index in [-0.39, 0.29) is 31.9 Å². The van der Waals surface area contributed by atoms with Gasteiger partial charge in [-0.1, -0.05) is 41.4 Å². The van der Waals surface area contributed by atoms with Gasteiger partial charge in [-0.2, -0.15) is 0 Å². The average Bonchev–Trinajstić information content (AvgIpc) is 3.16. The fraction of sp³-hybridized carbons (Fsp3) is 0.174. The number of halogens is 2. The molecular formula is C23H20Cl2N2O6S. The van der Waals surface area contributed by atoms with Crippen LogP contribution in [0.3, 0.4) is 0 Å². The topological polar surface area (TPSA) is 119 Å². The van der Waals surface area contributed by atoms with Gasteiger partial charge in [-0.15, -0.1) is 0 Å². The third-order valence-corrected chi connectivity index (χ3v) is 7.48. The Labute approximate surface area is 206 Å². The summed E-state index contributed by atoms with van der Waals surface area (Å²) in [6, 6.07) is 14.9. The number of carbonyl (C=O) groups is 1. The van der Waals surface area contributed by atoms with Crippen molar-refractivity contribution in [2.75, 3.05) is 10.8 Å². The van der Waals surface area contributed by atoms with E-state index in [0.717, 1.165) is 4.31 Å². The number of sulfonamides is 1. The number of amides is 1. The minimum absolute atomic E-state index is 0.0154. The highest BCUT2D eigenvalue weighted by Crippen LogP contribution is 2.40. The number of hydrogen-bond donors (Lipinski definition) is 2. The summed E-state index contributed by atoms with van der Waals surface area (Å²) >= 11 is 12.4. The second-order valence-corrected chi connectivity index (χ2v) is 10.2. The number of aliphatic hydroxyl groups excluding tert-OH is 1. The Morgan fingerprint density at radius 1 is 1.06 bits per heavy atom. The van der Waals surface area contributed by atoms with Crippen molar-refractivity contribution in [2.24, 2.45) is 5.73 Å². The SMILES string of the molecule is CC1Oc2ccc(S(=O)(=O)N(CC(N)=O)c3ccc(Cl)cc3C(O)c3ccccc3Cl)cc2O1. The Kier molecular flexibility index (Phi) is 6.64. The molecule has 0 fully saturated rings. The monoisotopic (exact) mass is 522 g/mol. The van der Waals surface area contributed by atoms with Crippen molar-refractivity contribution in [3.05, 3.63) is 81.8 Å². The summed E-state index contributed by atoms with van der Waals surface area (Å²) in [5.74, 6) is -0.250. The summed E-state index contributed by atoms with van der Waals surface area (Å²) in [5, 5.41) is 11.7. The van der Waals surface area contributed by atoms with Crippen LogP contribution in [0.2, 0.25) is 10.0 Å². The highest BCUT2D eigenvalue weighted by Gasteiger charge is 2.32. The lowest BCUT2D eigenvalue weighted by molar-refractivity contribution is -0.116. The van der Waals surface area contributed by atoms with Crippen molar-refractivity contribution in [1.29, 1.82) is 0 Å². The van der Waals surface area contributed by atoms with E-state index in [1.807, 2.05) is 0 Å². The standard InChI is InChI=1S/C23H20Cl2N2O6S/c1-13-32-20-9-7-15(11-21(20)33-13)34(30,31)27(12-22(26)28)19-8-6-14(24)10-17(19)23(29)16-4-2-3-5-18(16)25/h2-11,13,23,29H,12H2,1H3,(H2,26,28). The first-order valence-electron chi connectivity index (χ1n) is 10.1. The summed E-state index contributed by atoms with van der Waals surface area (Å²) in [4.78, 5) is 11.8. The molecule has 1 heterocycles. The number of carbonyl (C=O) groups excluding carboxylic acids is 1. The van der Waals surface area contributed by atoms with Gasteiger partial charge in [0.2, 0.25) is 12.2 Å². The number of aliphatic hydroxyl groups is 1. The van der Waals surface area contributed by atoms with Gasteiger partial charge in [0.1, 0.15) is 12.6 Å². The lowest BCUT2D eigenvalue weighted by Crippen LogP contribution is -2.39. The van der Waals surface area contributed by atoms with E-state index in [1.54, 1.807) is 31.2 Å². The molecule has 0 aromatic heterocycles. The molecule has 0 saturated heterocycles. The van der Waals surface area contributed by atoms with Crippen LogP contribution in [-0.2, 0) is 14.8 Å². The van der Waals surface area contributed by atoms with Gasteiger partial charge in [0.15, 0.2) is 11.5 Å². The molecule has 3 N–H and O–H groups in total. The molecule has 0 saturated carbocycles. The Bertz CT molecular complexity index is 1370. The van der Waals surface area contributed by atoms with Crippen LogP contribution in [0.1, 0.15) is 24.2 Å². The third-order valence-electron chi connectivity index (χ3n) is 5.14. The Hall–Kier alpha value is -2.98. The van der Waals surface area contributed by atoms with E-state index in [1.165, 1.54) is 36.4 Å². The second-order valence-electron chi connectivity index (χ2n) is 7.52. The predicted molar refractivity (Wildman–Crippen MR) is 128 cm³/mol. The molecule has 1 amide bonds. The van der Waals surface area contributed by atoms with E-state index in [4.69, 9.17) is 38.4 Å². The molecule has 1 aliphatic heterocycles. The molecule has 1 aliphatic rings. The van der Waals surface area contributed by atoms with Crippen LogP contribution >= 0.6 is 23.2 Å². The van der Waals surface area contributed by atoms with Crippen LogP contribution in [-0.4, -0.2) is 32.3 Å². The van der Waals surface area contributed by atoms with Crippen molar-refractivity contribution >= 4 is 44.8 Å². The molecular weight excluding hydrogens is 503 g/mol. The molecule has 0 aliphatic carbocycles. The maximum Gasteiger partial charge on any atom is 0.264 e. The van der Waals surface area contributed by atoms with Crippen LogP contribution in [0.15, 0.2) is 65.6 Å². The maximum absolute atomic E-state index is 13.7. The highest BCUT2D eigenvalue weighted by atomic mass is 35.5. The minimum atomic E-state index is -4.34. The van der Waals surface area contributed by atoms with Gasteiger partial charge in [-0.3, -0.25) is 9.10 Å². The molecule has 34 heavy (non-hydrogen) atoms. The van der Waals surface area contributed by atoms with Crippen LogP contribution in [0.4, 0.5) is 5.69 Å². The molecule has 4 rings (SSSR count). The molecule has 2 atom stereocenters. The maximum atomic E-state index is 13.7. The second kappa shape index (κ2) is 9.34. The molecule has 2 unspecified atom stereocenters. The van der Waals surface area contributed by atoms with Gasteiger partial charge in [0.05, 0.1) is 10.6 Å². The zero-order valence-electron chi connectivity index (χ0n) is 17.8. The number of nitrogens with two attached hydrogens (primary N) is 1. The summed E-state index contributed by atoms with van der Waals surface area (Å²) in [7, 11) is -4.34. The molecule has 178 valence electrons. The first kappa shape index (κ1) is 24.2. The number of ether oxygens (including phenoxy) is 2. The lowest BCUT2D eigenvalue weighted by Gasteiger charge is -2.27. The molecule has 0 radical (unpaired) electrons. The fourth-order valence-electron chi connectivity index (χ4n) is 3.62. The summed E-state index contributed by atoms with van der Waals surface area (Å²) in [6.07, 6.45) is -1.91. The van der Waals surface area contributed by atoms with Gasteiger partial charge in [0.25, 0.3) is 10.0 Å². The quantitative estimate of drug-likeness (QED) is 0.485. The van der Waals surface area contributed by atoms with Gasteiger partial charge in [0, 0.05) is 34.2 Å². The van der Waals surface area contributed by atoms with Crippen LogP contribution < -0.4 is 19.5 Å². The fourth-order valence-corrected chi connectivity index (χ4v) is 5.52. The zero-order chi connectivity index (χ0) is 24.6. The van der Waals surface area contributed by atoms with E-state index >= 15 is 0 Å². The first-order chi connectivity index (χ1) is 16.1. The number of primary amides is 1. The summed E-state index contributed by atoms with van der Waals surface area (Å²) in [5.41, 5.74) is 5.88. The largest absolute Gasteiger partial charge is 0.451 e. The van der Waals surface area contributed by atoms with E-state index in [0.29, 0.717) is 11.3 Å². The van der Waals surface area contributed by atoms with Crippen molar-refractivity contribution in [2.45, 2.75) is 24.2 Å². The van der Waals surface area contributed by atoms with Gasteiger partial charge < -0.3 is 20.3 Å². The summed E-state index contributed by atoms with van der Waals surface area (Å²) < 4.78 is 39.1. The Morgan fingerprint density at radius 2 is 1.76 bits per heavy atom. The van der Waals surface area contributed by atoms with Gasteiger partial charge >= 0.3 is 0 Å². The number of nitrogens with zero attached hydrogens (tertiary/aromatic N) is 1. The van der Waals surface area contributed by atoms with E-state index in [2.05, 4.69) is 0 Å². The van der Waals surface area contributed by atoms with Crippen molar-refractivity contribution in [3.8, 4) is 11.5 Å². The minimum Gasteiger partial charge on any atom is -0.451 e. The van der Waals surface area contributed by atoms with Gasteiger partial charge in [-0.25, -0.2) is 8.42 Å². The lowest BCUT2D eigenvalue weighted by atomic mass is 9.99. The zero-order valence-corrected chi connectivity index (χ0v) is 20.1. The Balaban J connectivity index is 1.85. The van der Waals surface area contributed by atoms with E-state index in [9.17, 15) is 18.3 Å². The molecule has 3 aromatic carbocycles. The van der Waals surface area contributed by atoms with Crippen LogP contribution in [0, 0.1) is 0 Å². The van der Waals surface area contributed by atoms with Gasteiger partial charge in [-0.05, 0) is 36.4 Å². The van der Waals surface area contributed by atoms with Crippen molar-refractivity contribution in [1.82, 2.24) is 0 Å². The number of benzene rings is 3. The Morgan fingerprint density at radius 3 is 2.47 bits per heavy atom. The van der Waals surface area contributed by atoms with Crippen molar-refractivity contribution < 1.29 is 27.8 Å². The number of anilines is 1. The van der Waals surface area contributed by atoms with Crippen LogP contribution in [0.5, 0.6) is 11.5 Å². The van der Waals surface area contributed by atoms with Crippen LogP contribution in [0.25, 0.3) is 0 Å². The number of fused-ring (bicyclic) bond motifs is 1. The van der Waals surface area contributed by atoms with E-state index < -0.39 is 34.9 Å². The molecule has 0 spiro atoms. The highest BCUT2D eigenvalue weighted by molar-refractivity contribution is 7.92. The number of hydrogen-bond acceptors (Lipinski definition) is 6. The average molecular weight is 523 g/mol. The summed E-state index contributed by atoms with van der Waals surface area (Å²) in [6.45, 7) is 0.987. The normalized spacial score (nSPS) is 15.7. The third kappa shape index (κ3) is 4.65. The molecule has 8 nitrogen and oxygen atoms in total. The number of rotatable bonds is 7. The molecule has 0 bridgehead atoms. The first-order valence-corrected chi connectivity index (χ1v) is 12.3.